The van der Waals surface area contributed by atoms with E-state index in [0.717, 1.165) is 42.3 Å². The molecule has 5 rings (SSSR count). The molecule has 0 unspecified atom stereocenters. The van der Waals surface area contributed by atoms with Gasteiger partial charge in [-0.15, -0.1) is 0 Å². The third-order valence-corrected chi connectivity index (χ3v) is 7.34. The number of aryl methyl sites for hydroxylation is 3. The number of aromatic nitrogens is 3. The number of rotatable bonds is 5. The molecule has 0 aliphatic rings. The first-order valence-corrected chi connectivity index (χ1v) is 12.3. The maximum absolute atomic E-state index is 9.70. The summed E-state index contributed by atoms with van der Waals surface area (Å²) in [5, 5.41) is 12.4. The Morgan fingerprint density at radius 2 is 1.30 bits per heavy atom. The molecule has 0 aliphatic carbocycles. The van der Waals surface area contributed by atoms with E-state index in [1.807, 2.05) is 19.2 Å². The second kappa shape index (κ2) is 8.96. The summed E-state index contributed by atoms with van der Waals surface area (Å²) in [6.07, 6.45) is 0. The molecular formula is C27H23N3OS2. The lowest BCUT2D eigenvalue weighted by Crippen LogP contribution is -1.97. The van der Waals surface area contributed by atoms with Crippen molar-refractivity contribution in [3.63, 3.8) is 0 Å². The van der Waals surface area contributed by atoms with Gasteiger partial charge in [-0.05, 0) is 85.8 Å². The number of fused-ring (bicyclic) bond motifs is 1. The van der Waals surface area contributed by atoms with Crippen molar-refractivity contribution < 1.29 is 5.11 Å². The van der Waals surface area contributed by atoms with Gasteiger partial charge in [-0.2, -0.15) is 0 Å². The summed E-state index contributed by atoms with van der Waals surface area (Å²) in [6, 6.07) is 26.3. The van der Waals surface area contributed by atoms with Gasteiger partial charge in [0.25, 0.3) is 0 Å². The number of phenols is 1. The van der Waals surface area contributed by atoms with E-state index in [1.165, 1.54) is 11.1 Å². The SMILES string of the molecule is Cc1ccc(Sc2nc(Sc3ccc(C)cc3)c3cc(-c4ccc(O)cc4)n(C)c3n2)cc1. The lowest BCUT2D eigenvalue weighted by atomic mass is 10.1. The average molecular weight is 470 g/mol. The topological polar surface area (TPSA) is 50.9 Å². The molecule has 0 atom stereocenters. The van der Waals surface area contributed by atoms with E-state index >= 15 is 0 Å². The number of phenolic OH excluding ortho intramolecular Hbond substituents is 1. The maximum atomic E-state index is 9.70. The van der Waals surface area contributed by atoms with E-state index in [0.29, 0.717) is 0 Å². The summed E-state index contributed by atoms with van der Waals surface area (Å²) in [4.78, 5) is 12.1. The minimum Gasteiger partial charge on any atom is -0.508 e. The molecule has 33 heavy (non-hydrogen) atoms. The summed E-state index contributed by atoms with van der Waals surface area (Å²) in [7, 11) is 2.03. The summed E-state index contributed by atoms with van der Waals surface area (Å²) >= 11 is 3.23. The van der Waals surface area contributed by atoms with Crippen LogP contribution in [-0.4, -0.2) is 19.6 Å². The van der Waals surface area contributed by atoms with E-state index in [1.54, 1.807) is 35.7 Å². The molecule has 5 aromatic rings. The fourth-order valence-electron chi connectivity index (χ4n) is 3.61. The van der Waals surface area contributed by atoms with Crippen LogP contribution in [0.15, 0.2) is 98.8 Å². The van der Waals surface area contributed by atoms with Gasteiger partial charge in [0.2, 0.25) is 0 Å². The molecule has 0 saturated heterocycles. The van der Waals surface area contributed by atoms with Crippen LogP contribution >= 0.6 is 23.5 Å². The molecule has 3 aromatic carbocycles. The van der Waals surface area contributed by atoms with Gasteiger partial charge in [0.15, 0.2) is 5.16 Å². The Morgan fingerprint density at radius 3 is 1.91 bits per heavy atom. The zero-order valence-corrected chi connectivity index (χ0v) is 20.2. The molecule has 6 heteroatoms. The van der Waals surface area contributed by atoms with Gasteiger partial charge in [0, 0.05) is 16.8 Å². The molecule has 0 spiro atoms. The molecule has 164 valence electrons. The van der Waals surface area contributed by atoms with Gasteiger partial charge in [-0.25, -0.2) is 9.97 Å². The molecule has 0 fully saturated rings. The Morgan fingerprint density at radius 1 is 0.727 bits per heavy atom. The Bertz CT molecular complexity index is 1420. The summed E-state index contributed by atoms with van der Waals surface area (Å²) in [5.74, 6) is 0.254. The fourth-order valence-corrected chi connectivity index (χ4v) is 5.31. The highest BCUT2D eigenvalue weighted by Gasteiger charge is 2.17. The lowest BCUT2D eigenvalue weighted by Gasteiger charge is -2.08. The normalized spacial score (nSPS) is 11.2. The molecule has 0 amide bonds. The van der Waals surface area contributed by atoms with Gasteiger partial charge in [0.05, 0.1) is 11.1 Å². The van der Waals surface area contributed by atoms with Crippen molar-refractivity contribution in [1.82, 2.24) is 14.5 Å². The van der Waals surface area contributed by atoms with Crippen LogP contribution in [-0.2, 0) is 7.05 Å². The zero-order chi connectivity index (χ0) is 22.9. The largest absolute Gasteiger partial charge is 0.508 e. The van der Waals surface area contributed by atoms with Gasteiger partial charge in [-0.3, -0.25) is 0 Å². The molecule has 0 aliphatic heterocycles. The number of nitrogens with zero attached hydrogens (tertiary/aromatic N) is 3. The second-order valence-electron chi connectivity index (χ2n) is 8.01. The van der Waals surface area contributed by atoms with E-state index < -0.39 is 0 Å². The molecule has 0 radical (unpaired) electrons. The van der Waals surface area contributed by atoms with Gasteiger partial charge >= 0.3 is 0 Å². The Balaban J connectivity index is 1.63. The van der Waals surface area contributed by atoms with E-state index in [-0.39, 0.29) is 5.75 Å². The molecular weight excluding hydrogens is 446 g/mol. The first-order valence-electron chi connectivity index (χ1n) is 10.6. The minimum atomic E-state index is 0.254. The quantitative estimate of drug-likeness (QED) is 0.217. The summed E-state index contributed by atoms with van der Waals surface area (Å²) in [5.41, 5.74) is 5.40. The zero-order valence-electron chi connectivity index (χ0n) is 18.6. The van der Waals surface area contributed by atoms with Crippen molar-refractivity contribution in [1.29, 1.82) is 0 Å². The third kappa shape index (κ3) is 4.63. The van der Waals surface area contributed by atoms with Gasteiger partial charge in [-0.1, -0.05) is 47.2 Å². The first kappa shape index (κ1) is 21.6. The predicted molar refractivity (Wildman–Crippen MR) is 136 cm³/mol. The molecule has 0 bridgehead atoms. The number of benzene rings is 3. The van der Waals surface area contributed by atoms with Crippen molar-refractivity contribution in [2.45, 2.75) is 33.8 Å². The molecule has 0 saturated carbocycles. The van der Waals surface area contributed by atoms with Crippen LogP contribution in [0.4, 0.5) is 0 Å². The highest BCUT2D eigenvalue weighted by atomic mass is 32.2. The minimum absolute atomic E-state index is 0.254. The molecule has 1 N–H and O–H groups in total. The van der Waals surface area contributed by atoms with Crippen LogP contribution in [0.3, 0.4) is 0 Å². The lowest BCUT2D eigenvalue weighted by molar-refractivity contribution is 0.475. The number of aromatic hydroxyl groups is 1. The Hall–Kier alpha value is -3.22. The van der Waals surface area contributed by atoms with Crippen LogP contribution in [0, 0.1) is 13.8 Å². The number of hydrogen-bond acceptors (Lipinski definition) is 5. The van der Waals surface area contributed by atoms with Gasteiger partial charge in [0.1, 0.15) is 16.4 Å². The van der Waals surface area contributed by atoms with Crippen LogP contribution in [0.5, 0.6) is 5.75 Å². The van der Waals surface area contributed by atoms with Crippen molar-refractivity contribution >= 4 is 34.6 Å². The molecule has 4 nitrogen and oxygen atoms in total. The Kier molecular flexibility index (Phi) is 5.87. The average Bonchev–Trinajstić information content (AvgIpc) is 3.14. The molecule has 2 aromatic heterocycles. The highest BCUT2D eigenvalue weighted by Crippen LogP contribution is 2.38. The first-order chi connectivity index (χ1) is 16.0. The summed E-state index contributed by atoms with van der Waals surface area (Å²) in [6.45, 7) is 4.18. The van der Waals surface area contributed by atoms with Gasteiger partial charge < -0.3 is 9.67 Å². The summed E-state index contributed by atoms with van der Waals surface area (Å²) < 4.78 is 2.10. The van der Waals surface area contributed by atoms with Crippen LogP contribution in [0.2, 0.25) is 0 Å². The smallest absolute Gasteiger partial charge is 0.195 e. The fraction of sp³-hybridized carbons (Fsp3) is 0.111. The maximum Gasteiger partial charge on any atom is 0.195 e. The van der Waals surface area contributed by atoms with Crippen molar-refractivity contribution in [3.8, 4) is 17.0 Å². The monoisotopic (exact) mass is 469 g/mol. The van der Waals surface area contributed by atoms with Crippen LogP contribution in [0.25, 0.3) is 22.3 Å². The van der Waals surface area contributed by atoms with E-state index in [9.17, 15) is 5.11 Å². The number of hydrogen-bond donors (Lipinski definition) is 1. The third-order valence-electron chi connectivity index (χ3n) is 5.46. The van der Waals surface area contributed by atoms with Crippen LogP contribution < -0.4 is 0 Å². The van der Waals surface area contributed by atoms with Crippen LogP contribution in [0.1, 0.15) is 11.1 Å². The second-order valence-corrected chi connectivity index (χ2v) is 10.1. The van der Waals surface area contributed by atoms with E-state index in [4.69, 9.17) is 9.97 Å². The van der Waals surface area contributed by atoms with Crippen molar-refractivity contribution in [2.24, 2.45) is 7.05 Å². The molecule has 2 heterocycles. The predicted octanol–water partition coefficient (Wildman–Crippen LogP) is 7.26. The van der Waals surface area contributed by atoms with Crippen molar-refractivity contribution in [2.75, 3.05) is 0 Å². The highest BCUT2D eigenvalue weighted by molar-refractivity contribution is 8.00. The Labute approximate surface area is 201 Å². The van der Waals surface area contributed by atoms with E-state index in [2.05, 4.69) is 73.0 Å². The standard InChI is InChI=1S/C27H23N3OS2/c1-17-4-12-21(13-5-17)32-26-23-16-24(19-8-10-20(31)11-9-19)30(3)25(23)28-27(29-26)33-22-14-6-18(2)7-15-22/h4-16,31H,1-3H3. The van der Waals surface area contributed by atoms with Crippen molar-refractivity contribution in [3.05, 3.63) is 90.0 Å².